The predicted molar refractivity (Wildman–Crippen MR) is 91.0 cm³/mol. The summed E-state index contributed by atoms with van der Waals surface area (Å²) >= 11 is 1.01. The zero-order valence-corrected chi connectivity index (χ0v) is 15.5. The number of ether oxygens (including phenoxy) is 1. The van der Waals surface area contributed by atoms with E-state index in [1.54, 1.807) is 13.8 Å². The van der Waals surface area contributed by atoms with E-state index in [4.69, 9.17) is 4.74 Å². The summed E-state index contributed by atoms with van der Waals surface area (Å²) in [6.07, 6.45) is -0.266. The van der Waals surface area contributed by atoms with E-state index in [0.29, 0.717) is 6.42 Å². The maximum absolute atomic E-state index is 12.9. The highest BCUT2D eigenvalue weighted by molar-refractivity contribution is 8.13. The second kappa shape index (κ2) is 7.74. The fourth-order valence-electron chi connectivity index (χ4n) is 3.18. The Balaban J connectivity index is 2.06. The standard InChI is InChI=1S/C16H24N2O6S/c1-9(8-25-11(3)19)14(20)18(16(22)23)7-13(6-10(18)2)24-15(21)17-12-4-5-12/h9-10,12-13H,4-8H2,1-3H3,(H-,17,21,22,23)/p+1/t9?,10-,13+,18-/m1/s1. The lowest BCUT2D eigenvalue weighted by Crippen LogP contribution is -2.61. The molecule has 1 aliphatic heterocycles. The lowest BCUT2D eigenvalue weighted by atomic mass is 10.1. The van der Waals surface area contributed by atoms with Crippen molar-refractivity contribution in [2.24, 2.45) is 5.92 Å². The number of carboxylic acid groups (broad SMARTS) is 1. The van der Waals surface area contributed by atoms with Gasteiger partial charge in [0.2, 0.25) is 0 Å². The number of alkyl carbamates (subject to hydrolysis) is 1. The summed E-state index contributed by atoms with van der Waals surface area (Å²) in [6.45, 7) is 4.63. The number of likely N-dealkylation sites (tertiary alicyclic amines) is 1. The highest BCUT2D eigenvalue weighted by Gasteiger charge is 2.58. The third-order valence-electron chi connectivity index (χ3n) is 4.71. The van der Waals surface area contributed by atoms with Crippen LogP contribution in [0.1, 0.15) is 40.0 Å². The van der Waals surface area contributed by atoms with Crippen LogP contribution in [-0.4, -0.2) is 63.3 Å². The van der Waals surface area contributed by atoms with Crippen molar-refractivity contribution in [2.75, 3.05) is 12.3 Å². The third-order valence-corrected chi connectivity index (χ3v) is 5.79. The maximum Gasteiger partial charge on any atom is 0.521 e. The van der Waals surface area contributed by atoms with Crippen LogP contribution in [0.4, 0.5) is 9.59 Å². The van der Waals surface area contributed by atoms with Gasteiger partial charge in [0, 0.05) is 25.1 Å². The van der Waals surface area contributed by atoms with Gasteiger partial charge in [0.1, 0.15) is 12.6 Å². The van der Waals surface area contributed by atoms with Crippen LogP contribution in [0.25, 0.3) is 0 Å². The summed E-state index contributed by atoms with van der Waals surface area (Å²) < 4.78 is 4.56. The zero-order chi connectivity index (χ0) is 18.8. The molecule has 25 heavy (non-hydrogen) atoms. The van der Waals surface area contributed by atoms with Gasteiger partial charge in [-0.25, -0.2) is 9.59 Å². The van der Waals surface area contributed by atoms with Crippen LogP contribution in [0, 0.1) is 5.92 Å². The molecule has 0 aromatic carbocycles. The minimum Gasteiger partial charge on any atom is -0.440 e. The van der Waals surface area contributed by atoms with Crippen LogP contribution in [0.3, 0.4) is 0 Å². The molecule has 8 nitrogen and oxygen atoms in total. The molecular formula is C16H25N2O6S+. The van der Waals surface area contributed by atoms with Crippen LogP contribution in [-0.2, 0) is 14.3 Å². The fourth-order valence-corrected chi connectivity index (χ4v) is 3.80. The number of thioether (sulfide) groups is 1. The molecule has 2 rings (SSSR count). The van der Waals surface area contributed by atoms with Crippen LogP contribution in [0.2, 0.25) is 0 Å². The maximum atomic E-state index is 12.9. The molecule has 1 heterocycles. The first kappa shape index (κ1) is 19.7. The van der Waals surface area contributed by atoms with Crippen LogP contribution in [0.15, 0.2) is 0 Å². The highest BCUT2D eigenvalue weighted by Crippen LogP contribution is 2.33. The first-order valence-corrected chi connectivity index (χ1v) is 9.41. The number of carbonyl (C=O) groups is 4. The second-order valence-corrected chi connectivity index (χ2v) is 8.10. The Hall–Kier alpha value is -1.61. The number of hydrogen-bond donors (Lipinski definition) is 2. The Morgan fingerprint density at radius 1 is 1.32 bits per heavy atom. The average Bonchev–Trinajstić information content (AvgIpc) is 3.25. The quantitative estimate of drug-likeness (QED) is 0.709. The lowest BCUT2D eigenvalue weighted by molar-refractivity contribution is -0.795. The first-order valence-electron chi connectivity index (χ1n) is 8.43. The molecule has 0 bridgehead atoms. The summed E-state index contributed by atoms with van der Waals surface area (Å²) in [5, 5.41) is 12.3. The van der Waals surface area contributed by atoms with Gasteiger partial charge in [-0.1, -0.05) is 11.8 Å². The van der Waals surface area contributed by atoms with Gasteiger partial charge < -0.3 is 15.2 Å². The van der Waals surface area contributed by atoms with Gasteiger partial charge in [-0.3, -0.25) is 4.79 Å². The Morgan fingerprint density at radius 2 is 1.96 bits per heavy atom. The summed E-state index contributed by atoms with van der Waals surface area (Å²) in [6, 6.07) is -0.358. The number of hydrogen-bond acceptors (Lipinski definition) is 6. The van der Waals surface area contributed by atoms with E-state index in [1.165, 1.54) is 6.92 Å². The Kier molecular flexibility index (Phi) is 6.10. The molecule has 0 spiro atoms. The van der Waals surface area contributed by atoms with E-state index in [2.05, 4.69) is 5.32 Å². The Morgan fingerprint density at radius 3 is 2.48 bits per heavy atom. The number of quaternary nitrogens is 1. The molecule has 9 heteroatoms. The molecule has 4 atom stereocenters. The molecule has 2 N–H and O–H groups in total. The van der Waals surface area contributed by atoms with Crippen molar-refractivity contribution in [3.8, 4) is 0 Å². The SMILES string of the molecule is CC(=O)SCC(C)C(=O)[N@@+]1(C(=O)O)C[C@@H](OC(=O)NC2CC2)C[C@H]1C. The van der Waals surface area contributed by atoms with Gasteiger partial charge in [0.15, 0.2) is 11.2 Å². The molecule has 0 aromatic rings. The van der Waals surface area contributed by atoms with Gasteiger partial charge in [-0.05, 0) is 26.7 Å². The van der Waals surface area contributed by atoms with Crippen molar-refractivity contribution in [3.05, 3.63) is 0 Å². The van der Waals surface area contributed by atoms with Gasteiger partial charge in [0.25, 0.3) is 0 Å². The normalized spacial score (nSPS) is 29.7. The van der Waals surface area contributed by atoms with Crippen LogP contribution in [0.5, 0.6) is 0 Å². The van der Waals surface area contributed by atoms with Gasteiger partial charge in [-0.15, -0.1) is 0 Å². The number of nitrogens with one attached hydrogen (secondary N) is 1. The van der Waals surface area contributed by atoms with Crippen molar-refractivity contribution in [2.45, 2.75) is 58.2 Å². The van der Waals surface area contributed by atoms with Gasteiger partial charge in [-0.2, -0.15) is 9.28 Å². The fraction of sp³-hybridized carbons (Fsp3) is 0.750. The van der Waals surface area contributed by atoms with Crippen LogP contribution >= 0.6 is 11.8 Å². The largest absolute Gasteiger partial charge is 0.521 e. The van der Waals surface area contributed by atoms with Crippen molar-refractivity contribution in [3.63, 3.8) is 0 Å². The third kappa shape index (κ3) is 4.52. The topological polar surface area (TPSA) is 110 Å². The van der Waals surface area contributed by atoms with E-state index in [1.807, 2.05) is 0 Å². The number of nitrogens with zero attached hydrogens (tertiary/aromatic N) is 1. The minimum absolute atomic E-state index is 0.0809. The zero-order valence-electron chi connectivity index (χ0n) is 14.7. The summed E-state index contributed by atoms with van der Waals surface area (Å²) in [7, 11) is 0. The lowest BCUT2D eigenvalue weighted by Gasteiger charge is -2.31. The second-order valence-electron chi connectivity index (χ2n) is 6.91. The van der Waals surface area contributed by atoms with E-state index < -0.39 is 40.6 Å². The number of carbonyl (C=O) groups excluding carboxylic acids is 3. The molecule has 2 aliphatic rings. The molecular weight excluding hydrogens is 348 g/mol. The molecule has 1 aliphatic carbocycles. The average molecular weight is 373 g/mol. The van der Waals surface area contributed by atoms with Crippen molar-refractivity contribution in [1.82, 2.24) is 5.32 Å². The smallest absolute Gasteiger partial charge is 0.440 e. The highest BCUT2D eigenvalue weighted by atomic mass is 32.2. The first-order chi connectivity index (χ1) is 11.7. The van der Waals surface area contributed by atoms with Crippen LogP contribution < -0.4 is 5.32 Å². The Labute approximate surface area is 150 Å². The molecule has 0 radical (unpaired) electrons. The van der Waals surface area contributed by atoms with Crippen molar-refractivity contribution >= 4 is 35.0 Å². The minimum atomic E-state index is -1.24. The van der Waals surface area contributed by atoms with E-state index >= 15 is 0 Å². The molecule has 2 fully saturated rings. The Bertz CT molecular complexity index is 579. The summed E-state index contributed by atoms with van der Waals surface area (Å²) in [4.78, 5) is 47.7. The van der Waals surface area contributed by atoms with E-state index in [0.717, 1.165) is 24.6 Å². The van der Waals surface area contributed by atoms with E-state index in [9.17, 15) is 24.3 Å². The number of rotatable bonds is 5. The molecule has 3 amide bonds. The molecule has 0 aromatic heterocycles. The predicted octanol–water partition coefficient (Wildman–Crippen LogP) is 1.97. The molecule has 1 unspecified atom stereocenters. The molecule has 1 saturated heterocycles. The van der Waals surface area contributed by atoms with Crippen molar-refractivity contribution < 1.29 is 33.5 Å². The van der Waals surface area contributed by atoms with E-state index in [-0.39, 0.29) is 23.5 Å². The monoisotopic (exact) mass is 373 g/mol. The molecule has 140 valence electrons. The van der Waals surface area contributed by atoms with Crippen molar-refractivity contribution in [1.29, 1.82) is 0 Å². The van der Waals surface area contributed by atoms with Gasteiger partial charge >= 0.3 is 18.1 Å². The summed E-state index contributed by atoms with van der Waals surface area (Å²) in [5.74, 6) is -0.809. The summed E-state index contributed by atoms with van der Waals surface area (Å²) in [5.41, 5.74) is 0. The van der Waals surface area contributed by atoms with Gasteiger partial charge in [0.05, 0.1) is 5.92 Å². The number of imide groups is 1. The molecule has 1 saturated carbocycles. The number of amides is 3.